The lowest BCUT2D eigenvalue weighted by Gasteiger charge is -2.19. The molecule has 0 amide bonds. The summed E-state index contributed by atoms with van der Waals surface area (Å²) in [6.45, 7) is 5.29. The largest absolute Gasteiger partial charge is 0.460 e. The molecule has 0 spiro atoms. The Hall–Kier alpha value is -2.12. The van der Waals surface area contributed by atoms with Crippen molar-refractivity contribution in [1.82, 2.24) is 14.9 Å². The molecule has 0 radical (unpaired) electrons. The highest BCUT2D eigenvalue weighted by atomic mass is 16.6. The molecule has 0 aliphatic heterocycles. The summed E-state index contributed by atoms with van der Waals surface area (Å²) < 4.78 is 5.79. The SMILES string of the molecule is CC(C)(C)OC(=O)CCc1nnc(N)n(N)c1=O. The Balaban J connectivity index is 2.68. The number of aryl methyl sites for hydroxylation is 1. The first-order valence-corrected chi connectivity index (χ1v) is 5.41. The highest BCUT2D eigenvalue weighted by molar-refractivity contribution is 5.70. The standard InChI is InChI=1S/C10H17N5O3/c1-10(2,3)18-7(16)5-4-6-8(17)15(12)9(11)14-13-6/h4-5,12H2,1-3H3,(H2,11,14). The Morgan fingerprint density at radius 3 is 2.56 bits per heavy atom. The minimum atomic E-state index is -0.564. The number of nitrogens with zero attached hydrogens (tertiary/aromatic N) is 3. The van der Waals surface area contributed by atoms with Crippen molar-refractivity contribution in [2.75, 3.05) is 11.6 Å². The Bertz CT molecular complexity index is 503. The molecule has 0 aromatic carbocycles. The maximum atomic E-state index is 11.6. The minimum absolute atomic E-state index is 0.0328. The topological polar surface area (TPSA) is 126 Å². The minimum Gasteiger partial charge on any atom is -0.460 e. The second kappa shape index (κ2) is 5.03. The molecule has 8 heteroatoms. The number of hydrogen-bond donors (Lipinski definition) is 2. The zero-order chi connectivity index (χ0) is 13.9. The molecule has 0 saturated heterocycles. The fourth-order valence-corrected chi connectivity index (χ4v) is 1.22. The molecular formula is C10H17N5O3. The van der Waals surface area contributed by atoms with Gasteiger partial charge in [-0.3, -0.25) is 9.59 Å². The molecule has 1 rings (SSSR count). The van der Waals surface area contributed by atoms with Gasteiger partial charge in [0.1, 0.15) is 11.3 Å². The van der Waals surface area contributed by atoms with Crippen LogP contribution in [0.2, 0.25) is 0 Å². The summed E-state index contributed by atoms with van der Waals surface area (Å²) in [5.41, 5.74) is 4.26. The van der Waals surface area contributed by atoms with Gasteiger partial charge in [-0.15, -0.1) is 10.2 Å². The lowest BCUT2D eigenvalue weighted by atomic mass is 10.2. The van der Waals surface area contributed by atoms with Gasteiger partial charge in [0.25, 0.3) is 5.56 Å². The van der Waals surface area contributed by atoms with Gasteiger partial charge in [-0.05, 0) is 20.8 Å². The van der Waals surface area contributed by atoms with Gasteiger partial charge in [-0.2, -0.15) is 4.68 Å². The number of carbonyl (C=O) groups excluding carboxylic acids is 1. The quantitative estimate of drug-likeness (QED) is 0.535. The van der Waals surface area contributed by atoms with E-state index in [1.807, 2.05) is 0 Å². The smallest absolute Gasteiger partial charge is 0.306 e. The summed E-state index contributed by atoms with van der Waals surface area (Å²) in [5, 5.41) is 7.12. The Morgan fingerprint density at radius 1 is 1.39 bits per heavy atom. The van der Waals surface area contributed by atoms with Gasteiger partial charge in [0.2, 0.25) is 5.95 Å². The first-order chi connectivity index (χ1) is 8.20. The van der Waals surface area contributed by atoms with Crippen molar-refractivity contribution in [3.05, 3.63) is 16.0 Å². The third kappa shape index (κ3) is 3.72. The van der Waals surface area contributed by atoms with Crippen LogP contribution in [0, 0.1) is 0 Å². The molecule has 1 aromatic heterocycles. The molecule has 0 fully saturated rings. The van der Waals surface area contributed by atoms with Crippen LogP contribution < -0.4 is 17.1 Å². The van der Waals surface area contributed by atoms with Crippen molar-refractivity contribution in [2.24, 2.45) is 0 Å². The number of nitrogen functional groups attached to an aromatic ring is 2. The van der Waals surface area contributed by atoms with Crippen LogP contribution in [0.1, 0.15) is 32.9 Å². The maximum Gasteiger partial charge on any atom is 0.306 e. The van der Waals surface area contributed by atoms with Crippen LogP contribution in [0.5, 0.6) is 0 Å². The van der Waals surface area contributed by atoms with Gasteiger partial charge >= 0.3 is 5.97 Å². The summed E-state index contributed by atoms with van der Waals surface area (Å²) >= 11 is 0. The van der Waals surface area contributed by atoms with Crippen molar-refractivity contribution < 1.29 is 9.53 Å². The maximum absolute atomic E-state index is 11.6. The van der Waals surface area contributed by atoms with Crippen molar-refractivity contribution >= 4 is 11.9 Å². The van der Waals surface area contributed by atoms with E-state index in [9.17, 15) is 9.59 Å². The van der Waals surface area contributed by atoms with Crippen molar-refractivity contribution in [3.8, 4) is 0 Å². The highest BCUT2D eigenvalue weighted by Gasteiger charge is 2.17. The van der Waals surface area contributed by atoms with Crippen LogP contribution in [-0.2, 0) is 16.0 Å². The summed E-state index contributed by atoms with van der Waals surface area (Å²) in [6, 6.07) is 0. The second-order valence-corrected chi connectivity index (χ2v) is 4.77. The third-order valence-electron chi connectivity index (χ3n) is 1.97. The Morgan fingerprint density at radius 2 is 2.00 bits per heavy atom. The lowest BCUT2D eigenvalue weighted by Crippen LogP contribution is -2.34. The number of esters is 1. The van der Waals surface area contributed by atoms with Crippen LogP contribution >= 0.6 is 0 Å². The average Bonchev–Trinajstić information content (AvgIpc) is 2.22. The van der Waals surface area contributed by atoms with Crippen LogP contribution in [0.15, 0.2) is 4.79 Å². The molecule has 18 heavy (non-hydrogen) atoms. The molecular weight excluding hydrogens is 238 g/mol. The number of anilines is 1. The molecule has 100 valence electrons. The summed E-state index contributed by atoms with van der Waals surface area (Å²) in [4.78, 5) is 23.1. The van der Waals surface area contributed by atoms with Gasteiger partial charge in [0, 0.05) is 6.42 Å². The molecule has 0 unspecified atom stereocenters. The Labute approximate surface area is 104 Å². The van der Waals surface area contributed by atoms with Gasteiger partial charge in [0.15, 0.2) is 0 Å². The van der Waals surface area contributed by atoms with Gasteiger partial charge in [-0.1, -0.05) is 0 Å². The summed E-state index contributed by atoms with van der Waals surface area (Å²) in [5.74, 6) is 4.76. The predicted molar refractivity (Wildman–Crippen MR) is 65.0 cm³/mol. The molecule has 4 N–H and O–H groups in total. The van der Waals surface area contributed by atoms with E-state index in [1.54, 1.807) is 20.8 Å². The molecule has 8 nitrogen and oxygen atoms in total. The number of aromatic nitrogens is 3. The van der Waals surface area contributed by atoms with Gasteiger partial charge in [0.05, 0.1) is 6.42 Å². The second-order valence-electron chi connectivity index (χ2n) is 4.77. The first-order valence-electron chi connectivity index (χ1n) is 5.41. The zero-order valence-electron chi connectivity index (χ0n) is 10.6. The van der Waals surface area contributed by atoms with Crippen molar-refractivity contribution in [2.45, 2.75) is 39.2 Å². The van der Waals surface area contributed by atoms with Crippen molar-refractivity contribution in [1.29, 1.82) is 0 Å². The summed E-state index contributed by atoms with van der Waals surface area (Å²) in [6.07, 6.45) is 0.142. The van der Waals surface area contributed by atoms with Crippen LogP contribution in [0.3, 0.4) is 0 Å². The van der Waals surface area contributed by atoms with Crippen molar-refractivity contribution in [3.63, 3.8) is 0 Å². The van der Waals surface area contributed by atoms with Gasteiger partial charge in [-0.25, -0.2) is 0 Å². The van der Waals surface area contributed by atoms with E-state index in [4.69, 9.17) is 16.3 Å². The summed E-state index contributed by atoms with van der Waals surface area (Å²) in [7, 11) is 0. The highest BCUT2D eigenvalue weighted by Crippen LogP contribution is 2.08. The van der Waals surface area contributed by atoms with E-state index in [0.717, 1.165) is 0 Å². The number of rotatable bonds is 3. The van der Waals surface area contributed by atoms with Gasteiger partial charge < -0.3 is 16.3 Å². The lowest BCUT2D eigenvalue weighted by molar-refractivity contribution is -0.154. The zero-order valence-corrected chi connectivity index (χ0v) is 10.6. The Kier molecular flexibility index (Phi) is 3.89. The van der Waals surface area contributed by atoms with E-state index in [-0.39, 0.29) is 24.5 Å². The van der Waals surface area contributed by atoms with Crippen LogP contribution in [-0.4, -0.2) is 26.4 Å². The van der Waals surface area contributed by atoms with E-state index >= 15 is 0 Å². The fourth-order valence-electron chi connectivity index (χ4n) is 1.22. The van der Waals surface area contributed by atoms with E-state index < -0.39 is 17.1 Å². The molecule has 0 saturated carbocycles. The first kappa shape index (κ1) is 13.9. The monoisotopic (exact) mass is 255 g/mol. The van der Waals surface area contributed by atoms with Crippen LogP contribution in [0.4, 0.5) is 5.95 Å². The molecule has 0 atom stereocenters. The number of ether oxygens (including phenoxy) is 1. The van der Waals surface area contributed by atoms with E-state index in [1.165, 1.54) is 0 Å². The van der Waals surface area contributed by atoms with E-state index in [0.29, 0.717) is 4.68 Å². The van der Waals surface area contributed by atoms with Crippen LogP contribution in [0.25, 0.3) is 0 Å². The third-order valence-corrected chi connectivity index (χ3v) is 1.97. The number of carbonyl (C=O) groups is 1. The number of hydrogen-bond acceptors (Lipinski definition) is 7. The average molecular weight is 255 g/mol. The molecule has 0 aliphatic rings. The molecule has 1 heterocycles. The van der Waals surface area contributed by atoms with E-state index in [2.05, 4.69) is 10.2 Å². The number of nitrogens with two attached hydrogens (primary N) is 2. The molecule has 0 aliphatic carbocycles. The fraction of sp³-hybridized carbons (Fsp3) is 0.600. The predicted octanol–water partition coefficient (Wildman–Crippen LogP) is -0.791. The molecule has 1 aromatic rings. The normalized spacial score (nSPS) is 11.3. The molecule has 0 bridgehead atoms.